The molecule has 1 N–H and O–H groups in total. The van der Waals surface area contributed by atoms with Crippen molar-refractivity contribution in [3.63, 3.8) is 0 Å². The molecule has 0 saturated heterocycles. The van der Waals surface area contributed by atoms with Gasteiger partial charge in [0.1, 0.15) is 5.69 Å². The normalized spacial score (nSPS) is 10.4. The van der Waals surface area contributed by atoms with E-state index in [4.69, 9.17) is 0 Å². The summed E-state index contributed by atoms with van der Waals surface area (Å²) in [4.78, 5) is 14.7. The predicted molar refractivity (Wildman–Crippen MR) is 53.4 cm³/mol. The van der Waals surface area contributed by atoms with E-state index < -0.39 is 29.5 Å². The quantitative estimate of drug-likeness (QED) is 0.823. The van der Waals surface area contributed by atoms with Crippen LogP contribution in [0.2, 0.25) is 0 Å². The van der Waals surface area contributed by atoms with Gasteiger partial charge in [-0.3, -0.25) is 0 Å². The predicted octanol–water partition coefficient (Wildman–Crippen LogP) is 1.91. The Kier molecular flexibility index (Phi) is 4.19. The monoisotopic (exact) mass is 247 g/mol. The molecule has 17 heavy (non-hydrogen) atoms. The van der Waals surface area contributed by atoms with E-state index in [1.165, 1.54) is 7.11 Å². The fraction of sp³-hybridized carbons (Fsp3) is 0.400. The van der Waals surface area contributed by atoms with E-state index in [0.717, 1.165) is 6.07 Å². The van der Waals surface area contributed by atoms with Crippen LogP contribution >= 0.6 is 0 Å². The Morgan fingerprint density at radius 1 is 1.59 bits per heavy atom. The van der Waals surface area contributed by atoms with E-state index >= 15 is 0 Å². The van der Waals surface area contributed by atoms with Crippen molar-refractivity contribution in [3.8, 4) is 11.5 Å². The van der Waals surface area contributed by atoms with Gasteiger partial charge < -0.3 is 14.6 Å². The number of halogens is 2. The number of nitrogens with zero attached hydrogens (tertiary/aromatic N) is 1. The van der Waals surface area contributed by atoms with Gasteiger partial charge in [-0.05, 0) is 6.92 Å². The first-order valence-corrected chi connectivity index (χ1v) is 4.74. The molecule has 0 bridgehead atoms. The molecule has 0 aliphatic heterocycles. The van der Waals surface area contributed by atoms with Gasteiger partial charge in [0.15, 0.2) is 17.2 Å². The molecular weight excluding hydrogens is 236 g/mol. The lowest BCUT2D eigenvalue weighted by molar-refractivity contribution is 0.0513. The molecule has 1 heterocycles. The average molecular weight is 247 g/mol. The number of aromatic nitrogens is 1. The minimum absolute atomic E-state index is 0.0428. The first-order chi connectivity index (χ1) is 8.01. The van der Waals surface area contributed by atoms with Gasteiger partial charge in [0.25, 0.3) is 6.43 Å². The summed E-state index contributed by atoms with van der Waals surface area (Å²) in [7, 11) is 1.18. The fourth-order valence-corrected chi connectivity index (χ4v) is 1.14. The number of carbonyl (C=O) groups is 1. The summed E-state index contributed by atoms with van der Waals surface area (Å²) in [6.45, 7) is 1.59. The first kappa shape index (κ1) is 13.1. The van der Waals surface area contributed by atoms with Crippen LogP contribution in [0, 0.1) is 0 Å². The Morgan fingerprint density at radius 2 is 2.24 bits per heavy atom. The molecule has 0 aliphatic rings. The number of hydrogen-bond acceptors (Lipinski definition) is 5. The smallest absolute Gasteiger partial charge is 0.360 e. The third kappa shape index (κ3) is 2.80. The number of aromatic hydroxyl groups is 1. The van der Waals surface area contributed by atoms with Crippen molar-refractivity contribution >= 4 is 5.97 Å². The zero-order chi connectivity index (χ0) is 13.0. The maximum Gasteiger partial charge on any atom is 0.360 e. The highest BCUT2D eigenvalue weighted by molar-refractivity contribution is 5.91. The van der Waals surface area contributed by atoms with Crippen LogP contribution in [0.3, 0.4) is 0 Å². The van der Waals surface area contributed by atoms with Gasteiger partial charge in [-0.25, -0.2) is 18.6 Å². The molecule has 1 aromatic heterocycles. The number of alkyl halides is 2. The summed E-state index contributed by atoms with van der Waals surface area (Å²) in [6.07, 6.45) is -2.88. The van der Waals surface area contributed by atoms with Crippen LogP contribution in [-0.2, 0) is 4.74 Å². The second kappa shape index (κ2) is 5.42. The molecule has 0 atom stereocenters. The van der Waals surface area contributed by atoms with Crippen molar-refractivity contribution in [2.75, 3.05) is 13.7 Å². The molecule has 0 fully saturated rings. The summed E-state index contributed by atoms with van der Waals surface area (Å²) in [5.41, 5.74) is -1.25. The van der Waals surface area contributed by atoms with Crippen LogP contribution in [0.1, 0.15) is 29.5 Å². The molecule has 1 aromatic rings. The Bertz CT molecular complexity index is 423. The lowest BCUT2D eigenvalue weighted by atomic mass is 10.2. The Labute approximate surface area is 96.0 Å². The summed E-state index contributed by atoms with van der Waals surface area (Å²) in [5, 5.41) is 9.56. The molecule has 0 amide bonds. The number of pyridine rings is 1. The molecule has 0 spiro atoms. The summed E-state index contributed by atoms with van der Waals surface area (Å²) in [6, 6.07) is 0.864. The van der Waals surface area contributed by atoms with Crippen molar-refractivity contribution in [2.24, 2.45) is 0 Å². The zero-order valence-corrected chi connectivity index (χ0v) is 9.24. The van der Waals surface area contributed by atoms with E-state index in [9.17, 15) is 18.7 Å². The molecule has 0 aliphatic carbocycles. The largest absolute Gasteiger partial charge is 0.503 e. The van der Waals surface area contributed by atoms with Crippen LogP contribution in [-0.4, -0.2) is 29.8 Å². The first-order valence-electron chi connectivity index (χ1n) is 4.74. The highest BCUT2D eigenvalue weighted by Gasteiger charge is 2.23. The Hall–Kier alpha value is -1.92. The third-order valence-electron chi connectivity index (χ3n) is 1.89. The van der Waals surface area contributed by atoms with Gasteiger partial charge in [0.2, 0.25) is 0 Å². The van der Waals surface area contributed by atoms with E-state index in [1.54, 1.807) is 6.92 Å². The van der Waals surface area contributed by atoms with Gasteiger partial charge in [0, 0.05) is 6.07 Å². The Morgan fingerprint density at radius 3 is 2.71 bits per heavy atom. The molecule has 0 radical (unpaired) electrons. The van der Waals surface area contributed by atoms with Gasteiger partial charge in [0.05, 0.1) is 13.7 Å². The van der Waals surface area contributed by atoms with Crippen molar-refractivity contribution in [1.82, 2.24) is 4.98 Å². The summed E-state index contributed by atoms with van der Waals surface area (Å²) >= 11 is 0. The van der Waals surface area contributed by atoms with Gasteiger partial charge in [-0.15, -0.1) is 0 Å². The average Bonchev–Trinajstić information content (AvgIpc) is 2.29. The fourth-order valence-electron chi connectivity index (χ4n) is 1.14. The number of carbonyl (C=O) groups excluding carboxylic acids is 1. The third-order valence-corrected chi connectivity index (χ3v) is 1.89. The van der Waals surface area contributed by atoms with E-state index in [2.05, 4.69) is 14.5 Å². The van der Waals surface area contributed by atoms with Crippen LogP contribution in [0.4, 0.5) is 8.78 Å². The maximum absolute atomic E-state index is 12.5. The zero-order valence-electron chi connectivity index (χ0n) is 9.24. The summed E-state index contributed by atoms with van der Waals surface area (Å²) in [5.74, 6) is -1.85. The number of methoxy groups -OCH3 is 1. The van der Waals surface area contributed by atoms with Crippen molar-refractivity contribution < 1.29 is 28.2 Å². The minimum Gasteiger partial charge on any atom is -0.503 e. The van der Waals surface area contributed by atoms with E-state index in [0.29, 0.717) is 0 Å². The molecule has 0 saturated carbocycles. The molecular formula is C10H11F2NO4. The molecule has 0 unspecified atom stereocenters. The second-order valence-corrected chi connectivity index (χ2v) is 2.97. The minimum atomic E-state index is -2.88. The van der Waals surface area contributed by atoms with Crippen LogP contribution < -0.4 is 4.74 Å². The van der Waals surface area contributed by atoms with Gasteiger partial charge >= 0.3 is 5.97 Å². The van der Waals surface area contributed by atoms with Gasteiger partial charge in [-0.1, -0.05) is 0 Å². The van der Waals surface area contributed by atoms with E-state index in [1.807, 2.05) is 0 Å². The highest BCUT2D eigenvalue weighted by atomic mass is 19.3. The highest BCUT2D eigenvalue weighted by Crippen LogP contribution is 2.32. The molecule has 94 valence electrons. The molecule has 1 rings (SSSR count). The second-order valence-electron chi connectivity index (χ2n) is 2.97. The SMILES string of the molecule is CCOC(=O)c1nc(C(F)F)cc(OC)c1O. The molecule has 5 nitrogen and oxygen atoms in total. The molecule has 0 aromatic carbocycles. The number of ether oxygens (including phenoxy) is 2. The Balaban J connectivity index is 3.27. The van der Waals surface area contributed by atoms with Crippen LogP contribution in [0.25, 0.3) is 0 Å². The van der Waals surface area contributed by atoms with Crippen LogP contribution in [0.15, 0.2) is 6.07 Å². The number of rotatable bonds is 4. The maximum atomic E-state index is 12.5. The lowest BCUT2D eigenvalue weighted by Crippen LogP contribution is -2.10. The van der Waals surface area contributed by atoms with Crippen molar-refractivity contribution in [2.45, 2.75) is 13.3 Å². The number of hydrogen-bond donors (Lipinski definition) is 1. The topological polar surface area (TPSA) is 68.7 Å². The lowest BCUT2D eigenvalue weighted by Gasteiger charge is -2.10. The van der Waals surface area contributed by atoms with E-state index in [-0.39, 0.29) is 12.4 Å². The molecule has 7 heteroatoms. The summed E-state index contributed by atoms with van der Waals surface area (Å²) < 4.78 is 34.2. The van der Waals surface area contributed by atoms with Crippen molar-refractivity contribution in [1.29, 1.82) is 0 Å². The van der Waals surface area contributed by atoms with Gasteiger partial charge in [-0.2, -0.15) is 0 Å². The number of esters is 1. The van der Waals surface area contributed by atoms with Crippen LogP contribution in [0.5, 0.6) is 11.5 Å². The standard InChI is InChI=1S/C10H11F2NO4/c1-3-17-10(15)7-8(14)6(16-2)4-5(13-7)9(11)12/h4,9,14H,3H2,1-2H3. The van der Waals surface area contributed by atoms with Crippen molar-refractivity contribution in [3.05, 3.63) is 17.5 Å².